The third-order valence-electron chi connectivity index (χ3n) is 1.41. The first-order valence-corrected chi connectivity index (χ1v) is 3.19. The van der Waals surface area contributed by atoms with Crippen molar-refractivity contribution in [2.45, 2.75) is 6.42 Å². The summed E-state index contributed by atoms with van der Waals surface area (Å²) in [6.07, 6.45) is 2.43. The molecule has 0 unspecified atom stereocenters. The van der Waals surface area contributed by atoms with Crippen molar-refractivity contribution in [2.24, 2.45) is 0 Å². The fraction of sp³-hybridized carbons (Fsp3) is 0.571. The molecule has 3 nitrogen and oxygen atoms in total. The molecule has 0 aromatic carbocycles. The van der Waals surface area contributed by atoms with Gasteiger partial charge in [0.2, 0.25) is 0 Å². The Labute approximate surface area is 59.6 Å². The SMILES string of the molecule is COC(=O)C1=CCOCC1. The lowest BCUT2D eigenvalue weighted by Gasteiger charge is -2.10. The molecule has 10 heavy (non-hydrogen) atoms. The molecule has 0 aromatic heterocycles. The van der Waals surface area contributed by atoms with Gasteiger partial charge in [-0.2, -0.15) is 0 Å². The van der Waals surface area contributed by atoms with Crippen LogP contribution in [0.3, 0.4) is 0 Å². The van der Waals surface area contributed by atoms with Crippen molar-refractivity contribution in [3.05, 3.63) is 11.6 Å². The highest BCUT2D eigenvalue weighted by atomic mass is 16.5. The third kappa shape index (κ3) is 1.57. The van der Waals surface area contributed by atoms with E-state index in [1.165, 1.54) is 7.11 Å². The first kappa shape index (κ1) is 7.28. The molecule has 3 heteroatoms. The van der Waals surface area contributed by atoms with Gasteiger partial charge in [-0.05, 0) is 6.08 Å². The van der Waals surface area contributed by atoms with Gasteiger partial charge in [0.1, 0.15) is 0 Å². The molecule has 0 atom stereocenters. The summed E-state index contributed by atoms with van der Waals surface area (Å²) in [7, 11) is 1.39. The number of carbonyl (C=O) groups excluding carboxylic acids is 1. The van der Waals surface area contributed by atoms with Crippen LogP contribution in [0.5, 0.6) is 0 Å². The largest absolute Gasteiger partial charge is 0.466 e. The molecule has 0 N–H and O–H groups in total. The summed E-state index contributed by atoms with van der Waals surface area (Å²) in [6, 6.07) is 0. The Hall–Kier alpha value is -0.830. The number of ether oxygens (including phenoxy) is 2. The molecular weight excluding hydrogens is 132 g/mol. The minimum absolute atomic E-state index is 0.233. The highest BCUT2D eigenvalue weighted by molar-refractivity contribution is 5.88. The van der Waals surface area contributed by atoms with Crippen molar-refractivity contribution >= 4 is 5.97 Å². The Kier molecular flexibility index (Phi) is 2.45. The maximum atomic E-state index is 10.8. The van der Waals surface area contributed by atoms with Crippen LogP contribution in [0.15, 0.2) is 11.6 Å². The van der Waals surface area contributed by atoms with E-state index in [0.29, 0.717) is 19.6 Å². The average molecular weight is 142 g/mol. The molecule has 0 fully saturated rings. The number of hydrogen-bond acceptors (Lipinski definition) is 3. The van der Waals surface area contributed by atoms with E-state index >= 15 is 0 Å². The zero-order chi connectivity index (χ0) is 7.40. The fourth-order valence-electron chi connectivity index (χ4n) is 0.844. The molecule has 0 radical (unpaired) electrons. The molecule has 1 heterocycles. The average Bonchev–Trinajstić information content (AvgIpc) is 2.05. The van der Waals surface area contributed by atoms with Crippen LogP contribution >= 0.6 is 0 Å². The maximum absolute atomic E-state index is 10.8. The van der Waals surface area contributed by atoms with Gasteiger partial charge in [0, 0.05) is 12.0 Å². The number of carbonyl (C=O) groups is 1. The number of methoxy groups -OCH3 is 1. The topological polar surface area (TPSA) is 35.5 Å². The molecule has 0 amide bonds. The van der Waals surface area contributed by atoms with E-state index in [0.717, 1.165) is 5.57 Å². The predicted octanol–water partition coefficient (Wildman–Crippen LogP) is 0.506. The van der Waals surface area contributed by atoms with E-state index in [1.54, 1.807) is 6.08 Å². The zero-order valence-electron chi connectivity index (χ0n) is 5.92. The highest BCUT2D eigenvalue weighted by Gasteiger charge is 2.11. The van der Waals surface area contributed by atoms with Gasteiger partial charge in [-0.15, -0.1) is 0 Å². The molecule has 1 rings (SSSR count). The van der Waals surface area contributed by atoms with Gasteiger partial charge in [0.25, 0.3) is 0 Å². The van der Waals surface area contributed by atoms with Gasteiger partial charge in [-0.25, -0.2) is 4.79 Å². The molecule has 0 bridgehead atoms. The van der Waals surface area contributed by atoms with Crippen LogP contribution in [-0.4, -0.2) is 26.3 Å². The summed E-state index contributed by atoms with van der Waals surface area (Å²) in [4.78, 5) is 10.8. The van der Waals surface area contributed by atoms with Gasteiger partial charge >= 0.3 is 5.97 Å². The number of esters is 1. The van der Waals surface area contributed by atoms with Crippen molar-refractivity contribution in [3.63, 3.8) is 0 Å². The Morgan fingerprint density at radius 1 is 1.80 bits per heavy atom. The summed E-state index contributed by atoms with van der Waals surface area (Å²) < 4.78 is 9.54. The van der Waals surface area contributed by atoms with E-state index in [4.69, 9.17) is 4.74 Å². The van der Waals surface area contributed by atoms with Gasteiger partial charge in [-0.3, -0.25) is 0 Å². The Balaban J connectivity index is 2.53. The van der Waals surface area contributed by atoms with E-state index in [9.17, 15) is 4.79 Å². The van der Waals surface area contributed by atoms with Crippen LogP contribution in [0.1, 0.15) is 6.42 Å². The smallest absolute Gasteiger partial charge is 0.333 e. The van der Waals surface area contributed by atoms with Crippen LogP contribution in [0, 0.1) is 0 Å². The molecule has 1 aliphatic heterocycles. The molecular formula is C7H10O3. The summed E-state index contributed by atoms with van der Waals surface area (Å²) in [5.74, 6) is -0.233. The highest BCUT2D eigenvalue weighted by Crippen LogP contribution is 2.08. The summed E-state index contributed by atoms with van der Waals surface area (Å²) >= 11 is 0. The van der Waals surface area contributed by atoms with Gasteiger partial charge in [0.05, 0.1) is 20.3 Å². The molecule has 56 valence electrons. The lowest BCUT2D eigenvalue weighted by atomic mass is 10.1. The summed E-state index contributed by atoms with van der Waals surface area (Å²) in [5, 5.41) is 0. The van der Waals surface area contributed by atoms with Crippen molar-refractivity contribution in [3.8, 4) is 0 Å². The van der Waals surface area contributed by atoms with Crippen molar-refractivity contribution in [2.75, 3.05) is 20.3 Å². The molecule has 1 aliphatic rings. The van der Waals surface area contributed by atoms with E-state index in [2.05, 4.69) is 4.74 Å². The second-order valence-corrected chi connectivity index (χ2v) is 2.05. The minimum atomic E-state index is -0.233. The third-order valence-corrected chi connectivity index (χ3v) is 1.41. The normalized spacial score (nSPS) is 17.9. The monoisotopic (exact) mass is 142 g/mol. The first-order chi connectivity index (χ1) is 4.84. The number of rotatable bonds is 1. The Morgan fingerprint density at radius 3 is 3.10 bits per heavy atom. The maximum Gasteiger partial charge on any atom is 0.333 e. The summed E-state index contributed by atoms with van der Waals surface area (Å²) in [5.41, 5.74) is 0.730. The first-order valence-electron chi connectivity index (χ1n) is 3.19. The van der Waals surface area contributed by atoms with E-state index in [-0.39, 0.29) is 5.97 Å². The van der Waals surface area contributed by atoms with E-state index < -0.39 is 0 Å². The van der Waals surface area contributed by atoms with E-state index in [1.807, 2.05) is 0 Å². The Morgan fingerprint density at radius 2 is 2.60 bits per heavy atom. The van der Waals surface area contributed by atoms with Crippen molar-refractivity contribution < 1.29 is 14.3 Å². The molecule has 0 saturated carbocycles. The van der Waals surface area contributed by atoms with Gasteiger partial charge in [-0.1, -0.05) is 0 Å². The summed E-state index contributed by atoms with van der Waals surface area (Å²) in [6.45, 7) is 1.16. The quantitative estimate of drug-likeness (QED) is 0.500. The lowest BCUT2D eigenvalue weighted by Crippen LogP contribution is -2.12. The second-order valence-electron chi connectivity index (χ2n) is 2.05. The molecule has 0 saturated heterocycles. The molecule has 0 spiro atoms. The molecule has 0 aromatic rings. The van der Waals surface area contributed by atoms with Crippen molar-refractivity contribution in [1.29, 1.82) is 0 Å². The van der Waals surface area contributed by atoms with Crippen LogP contribution in [0.4, 0.5) is 0 Å². The number of hydrogen-bond donors (Lipinski definition) is 0. The predicted molar refractivity (Wildman–Crippen MR) is 35.5 cm³/mol. The van der Waals surface area contributed by atoms with Gasteiger partial charge < -0.3 is 9.47 Å². The minimum Gasteiger partial charge on any atom is -0.466 e. The zero-order valence-corrected chi connectivity index (χ0v) is 5.92. The van der Waals surface area contributed by atoms with Crippen LogP contribution in [0.25, 0.3) is 0 Å². The van der Waals surface area contributed by atoms with Crippen LogP contribution in [0.2, 0.25) is 0 Å². The standard InChI is InChI=1S/C7H10O3/c1-9-7(8)6-2-4-10-5-3-6/h2H,3-5H2,1H3. The second kappa shape index (κ2) is 3.37. The van der Waals surface area contributed by atoms with Crippen LogP contribution in [-0.2, 0) is 14.3 Å². The Bertz CT molecular complexity index is 160. The molecule has 0 aliphatic carbocycles. The van der Waals surface area contributed by atoms with Gasteiger partial charge in [0.15, 0.2) is 0 Å². The van der Waals surface area contributed by atoms with Crippen LogP contribution < -0.4 is 0 Å². The lowest BCUT2D eigenvalue weighted by molar-refractivity contribution is -0.136. The fourth-order valence-corrected chi connectivity index (χ4v) is 0.844. The van der Waals surface area contributed by atoms with Crippen molar-refractivity contribution in [1.82, 2.24) is 0 Å².